The summed E-state index contributed by atoms with van der Waals surface area (Å²) in [6.07, 6.45) is -0.867. The summed E-state index contributed by atoms with van der Waals surface area (Å²) in [7, 11) is -8.41. The van der Waals surface area contributed by atoms with Gasteiger partial charge in [0.2, 0.25) is 15.9 Å². The zero-order valence-corrected chi connectivity index (χ0v) is 16.6. The number of nitrogens with one attached hydrogen (secondary N) is 2. The van der Waals surface area contributed by atoms with Crippen LogP contribution in [0.5, 0.6) is 0 Å². The first kappa shape index (κ1) is 21.6. The lowest BCUT2D eigenvalue weighted by molar-refractivity contribution is -0.122. The van der Waals surface area contributed by atoms with Gasteiger partial charge in [0.05, 0.1) is 10.9 Å². The summed E-state index contributed by atoms with van der Waals surface area (Å²) in [5.41, 5.74) is 1.65. The molecule has 0 heterocycles. The van der Waals surface area contributed by atoms with Crippen LogP contribution < -0.4 is 10.0 Å². The van der Waals surface area contributed by atoms with Crippen LogP contribution in [0.3, 0.4) is 0 Å². The average Bonchev–Trinajstić information content (AvgIpc) is 2.59. The van der Waals surface area contributed by atoms with Crippen LogP contribution in [0, 0.1) is 0 Å². The van der Waals surface area contributed by atoms with E-state index in [1.54, 1.807) is 36.4 Å². The SMILES string of the molecule is C[C@H](NS(=O)(=O)c1ccc(-c2ccc(Cl)cc2)cc1)C(=O)NCP(=O)(O)O. The summed E-state index contributed by atoms with van der Waals surface area (Å²) in [6.45, 7) is 1.27. The standard InChI is InChI=1S/C16H18ClN2O6PS/c1-11(16(20)18-10-26(21,22)23)19-27(24,25)15-8-4-13(5-9-15)12-2-6-14(17)7-3-12/h2-9,11,19H,10H2,1H3,(H,18,20)(H2,21,22,23)/t11-/m0/s1. The first-order valence-corrected chi connectivity index (χ1v) is 11.3. The van der Waals surface area contributed by atoms with E-state index in [2.05, 4.69) is 4.72 Å². The van der Waals surface area contributed by atoms with Crippen molar-refractivity contribution in [1.82, 2.24) is 10.0 Å². The fraction of sp³-hybridized carbons (Fsp3) is 0.188. The lowest BCUT2D eigenvalue weighted by atomic mass is 10.1. The topological polar surface area (TPSA) is 133 Å². The number of carbonyl (C=O) groups is 1. The molecule has 0 saturated heterocycles. The Morgan fingerprint density at radius 1 is 1.07 bits per heavy atom. The number of halogens is 1. The van der Waals surface area contributed by atoms with Gasteiger partial charge in [0.1, 0.15) is 6.29 Å². The normalized spacial score (nSPS) is 13.2. The number of carbonyl (C=O) groups excluding carboxylic acids is 1. The Labute approximate surface area is 161 Å². The van der Waals surface area contributed by atoms with Crippen molar-refractivity contribution in [3.8, 4) is 11.1 Å². The molecule has 146 valence electrons. The number of benzene rings is 2. The molecule has 2 rings (SSSR count). The maximum Gasteiger partial charge on any atom is 0.344 e. The third-order valence-corrected chi connectivity index (χ3v) is 5.91. The molecule has 2 aromatic rings. The number of sulfonamides is 1. The lowest BCUT2D eigenvalue weighted by Crippen LogP contribution is -2.44. The predicted molar refractivity (Wildman–Crippen MR) is 102 cm³/mol. The zero-order valence-electron chi connectivity index (χ0n) is 14.2. The van der Waals surface area contributed by atoms with E-state index in [4.69, 9.17) is 21.4 Å². The molecule has 0 fully saturated rings. The van der Waals surface area contributed by atoms with Gasteiger partial charge in [-0.2, -0.15) is 4.72 Å². The molecule has 0 aliphatic rings. The summed E-state index contributed by atoms with van der Waals surface area (Å²) in [6, 6.07) is 11.9. The molecule has 4 N–H and O–H groups in total. The number of rotatable bonds is 7. The monoisotopic (exact) mass is 432 g/mol. The van der Waals surface area contributed by atoms with Crippen molar-refractivity contribution < 1.29 is 27.6 Å². The summed E-state index contributed by atoms with van der Waals surface area (Å²) in [5.74, 6) is -0.848. The van der Waals surface area contributed by atoms with E-state index in [1.165, 1.54) is 19.1 Å². The molecule has 0 bridgehead atoms. The molecule has 27 heavy (non-hydrogen) atoms. The van der Waals surface area contributed by atoms with E-state index in [9.17, 15) is 17.8 Å². The van der Waals surface area contributed by atoms with E-state index in [0.29, 0.717) is 5.02 Å². The molecule has 0 saturated carbocycles. The fourth-order valence-corrected chi connectivity index (χ4v) is 3.85. The highest BCUT2D eigenvalue weighted by Gasteiger charge is 2.23. The first-order valence-electron chi connectivity index (χ1n) is 7.68. The minimum Gasteiger partial charge on any atom is -0.343 e. The average molecular weight is 433 g/mol. The second-order valence-electron chi connectivity index (χ2n) is 5.74. The lowest BCUT2D eigenvalue weighted by Gasteiger charge is -2.15. The molecule has 0 unspecified atom stereocenters. The Hall–Kier alpha value is -1.74. The van der Waals surface area contributed by atoms with E-state index in [-0.39, 0.29) is 4.90 Å². The molecule has 2 aromatic carbocycles. The molecule has 0 aromatic heterocycles. The maximum atomic E-state index is 12.4. The largest absolute Gasteiger partial charge is 0.344 e. The summed E-state index contributed by atoms with van der Waals surface area (Å²) in [5, 5.41) is 2.58. The van der Waals surface area contributed by atoms with Crippen molar-refractivity contribution in [2.75, 3.05) is 6.29 Å². The number of amides is 1. The van der Waals surface area contributed by atoms with Crippen LogP contribution in [0.15, 0.2) is 53.4 Å². The van der Waals surface area contributed by atoms with Gasteiger partial charge in [-0.05, 0) is 42.3 Å². The Bertz CT molecular complexity index is 957. The van der Waals surface area contributed by atoms with Gasteiger partial charge in [0.25, 0.3) is 0 Å². The Balaban J connectivity index is 2.08. The Morgan fingerprint density at radius 2 is 1.56 bits per heavy atom. The molecule has 0 aliphatic carbocycles. The van der Waals surface area contributed by atoms with Crippen LogP contribution in [0.2, 0.25) is 5.02 Å². The van der Waals surface area contributed by atoms with Gasteiger partial charge in [-0.1, -0.05) is 35.9 Å². The second kappa shape index (κ2) is 8.52. The first-order chi connectivity index (χ1) is 12.5. The van der Waals surface area contributed by atoms with Crippen molar-refractivity contribution in [2.45, 2.75) is 17.9 Å². The van der Waals surface area contributed by atoms with E-state index < -0.39 is 35.9 Å². The third-order valence-electron chi connectivity index (χ3n) is 3.53. The van der Waals surface area contributed by atoms with Gasteiger partial charge in [-0.25, -0.2) is 8.42 Å². The number of hydrogen-bond donors (Lipinski definition) is 4. The van der Waals surface area contributed by atoms with Crippen LogP contribution in [0.4, 0.5) is 0 Å². The molecule has 11 heteroatoms. The third kappa shape index (κ3) is 6.42. The van der Waals surface area contributed by atoms with Gasteiger partial charge >= 0.3 is 7.60 Å². The zero-order chi connectivity index (χ0) is 20.2. The summed E-state index contributed by atoms with van der Waals surface area (Å²) in [4.78, 5) is 29.2. The summed E-state index contributed by atoms with van der Waals surface area (Å²) >= 11 is 5.84. The van der Waals surface area contributed by atoms with Crippen molar-refractivity contribution in [3.63, 3.8) is 0 Å². The Morgan fingerprint density at radius 3 is 2.04 bits per heavy atom. The minimum absolute atomic E-state index is 0.0464. The molecule has 0 spiro atoms. The van der Waals surface area contributed by atoms with Gasteiger partial charge in [0, 0.05) is 5.02 Å². The van der Waals surface area contributed by atoms with E-state index in [1.807, 2.05) is 5.32 Å². The Kier molecular flexibility index (Phi) is 6.80. The molecule has 0 aliphatic heterocycles. The highest BCUT2D eigenvalue weighted by atomic mass is 35.5. The van der Waals surface area contributed by atoms with Crippen LogP contribution in [-0.2, 0) is 19.4 Å². The maximum absolute atomic E-state index is 12.4. The van der Waals surface area contributed by atoms with E-state index in [0.717, 1.165) is 11.1 Å². The molecule has 1 amide bonds. The van der Waals surface area contributed by atoms with Gasteiger partial charge in [-0.3, -0.25) is 9.36 Å². The van der Waals surface area contributed by atoms with Crippen LogP contribution >= 0.6 is 19.2 Å². The number of hydrogen-bond acceptors (Lipinski definition) is 4. The molecule has 8 nitrogen and oxygen atoms in total. The minimum atomic E-state index is -4.42. The van der Waals surface area contributed by atoms with Crippen molar-refractivity contribution in [1.29, 1.82) is 0 Å². The van der Waals surface area contributed by atoms with Crippen molar-refractivity contribution in [3.05, 3.63) is 53.6 Å². The molecular weight excluding hydrogens is 415 g/mol. The highest BCUT2D eigenvalue weighted by Crippen LogP contribution is 2.31. The van der Waals surface area contributed by atoms with Crippen molar-refractivity contribution in [2.24, 2.45) is 0 Å². The van der Waals surface area contributed by atoms with Gasteiger partial charge in [0.15, 0.2) is 0 Å². The van der Waals surface area contributed by atoms with E-state index >= 15 is 0 Å². The predicted octanol–water partition coefficient (Wildman–Crippen LogP) is 1.93. The smallest absolute Gasteiger partial charge is 0.343 e. The van der Waals surface area contributed by atoms with Crippen LogP contribution in [0.1, 0.15) is 6.92 Å². The van der Waals surface area contributed by atoms with Gasteiger partial charge in [-0.15, -0.1) is 0 Å². The van der Waals surface area contributed by atoms with Crippen molar-refractivity contribution >= 4 is 35.1 Å². The molecule has 1 atom stereocenters. The quantitative estimate of drug-likeness (QED) is 0.494. The van der Waals surface area contributed by atoms with Crippen LogP contribution in [0.25, 0.3) is 11.1 Å². The van der Waals surface area contributed by atoms with Gasteiger partial charge < -0.3 is 15.1 Å². The molecule has 0 radical (unpaired) electrons. The molecular formula is C16H18ClN2O6PS. The fourth-order valence-electron chi connectivity index (χ4n) is 2.16. The highest BCUT2D eigenvalue weighted by molar-refractivity contribution is 7.89. The summed E-state index contributed by atoms with van der Waals surface area (Å²) < 4.78 is 37.7. The second-order valence-corrected chi connectivity index (χ2v) is 9.53. The van der Waals surface area contributed by atoms with Crippen LogP contribution in [-0.4, -0.2) is 36.4 Å².